The van der Waals surface area contributed by atoms with E-state index in [0.29, 0.717) is 5.56 Å². The molecule has 0 heterocycles. The highest BCUT2D eigenvalue weighted by molar-refractivity contribution is 5.75. The standard InChI is InChI=1S/C13H18O4/c1-13(2,3)17-12(16)11(15)10(14)9-7-5-4-6-8-9/h4-8,10-11,14-15H,1-3H3/t10-,11+/m1/s1. The van der Waals surface area contributed by atoms with Crippen LogP contribution in [0.2, 0.25) is 0 Å². The molecule has 94 valence electrons. The van der Waals surface area contributed by atoms with Gasteiger partial charge in [-0.3, -0.25) is 0 Å². The van der Waals surface area contributed by atoms with Gasteiger partial charge >= 0.3 is 5.97 Å². The summed E-state index contributed by atoms with van der Waals surface area (Å²) in [5, 5.41) is 19.5. The van der Waals surface area contributed by atoms with E-state index in [9.17, 15) is 15.0 Å². The summed E-state index contributed by atoms with van der Waals surface area (Å²) in [7, 11) is 0. The lowest BCUT2D eigenvalue weighted by Crippen LogP contribution is -2.35. The second kappa shape index (κ2) is 5.29. The third-order valence-electron chi connectivity index (χ3n) is 2.09. The third kappa shape index (κ3) is 4.17. The highest BCUT2D eigenvalue weighted by Gasteiger charge is 2.29. The van der Waals surface area contributed by atoms with Gasteiger partial charge in [0.15, 0.2) is 6.10 Å². The normalized spacial score (nSPS) is 15.1. The maximum absolute atomic E-state index is 11.5. The summed E-state index contributed by atoms with van der Waals surface area (Å²) < 4.78 is 4.99. The fourth-order valence-electron chi connectivity index (χ4n) is 1.32. The fourth-order valence-corrected chi connectivity index (χ4v) is 1.32. The zero-order valence-corrected chi connectivity index (χ0v) is 10.3. The SMILES string of the molecule is CC(C)(C)OC(=O)[C@@H](O)[C@H](O)c1ccccc1. The Kier molecular flexibility index (Phi) is 4.26. The van der Waals surface area contributed by atoms with Gasteiger partial charge in [-0.1, -0.05) is 30.3 Å². The molecule has 0 amide bonds. The molecule has 17 heavy (non-hydrogen) atoms. The molecule has 1 rings (SSSR count). The maximum Gasteiger partial charge on any atom is 0.338 e. The lowest BCUT2D eigenvalue weighted by molar-refractivity contribution is -0.171. The molecule has 2 N–H and O–H groups in total. The van der Waals surface area contributed by atoms with E-state index in [1.54, 1.807) is 51.1 Å². The van der Waals surface area contributed by atoms with Gasteiger partial charge in [0.25, 0.3) is 0 Å². The molecule has 0 radical (unpaired) electrons. The Morgan fingerprint density at radius 1 is 1.18 bits per heavy atom. The predicted octanol–water partition coefficient (Wildman–Crippen LogP) is 1.42. The van der Waals surface area contributed by atoms with Crippen LogP contribution in [0.5, 0.6) is 0 Å². The van der Waals surface area contributed by atoms with Crippen molar-refractivity contribution >= 4 is 5.97 Å². The number of hydrogen-bond acceptors (Lipinski definition) is 4. The Balaban J connectivity index is 2.70. The van der Waals surface area contributed by atoms with Gasteiger partial charge in [0.1, 0.15) is 11.7 Å². The van der Waals surface area contributed by atoms with Gasteiger partial charge in [-0.05, 0) is 26.3 Å². The summed E-state index contributed by atoms with van der Waals surface area (Å²) in [6.07, 6.45) is -2.84. The quantitative estimate of drug-likeness (QED) is 0.782. The Morgan fingerprint density at radius 3 is 2.18 bits per heavy atom. The molecule has 4 heteroatoms. The fraction of sp³-hybridized carbons (Fsp3) is 0.462. The van der Waals surface area contributed by atoms with Crippen LogP contribution in [0.3, 0.4) is 0 Å². The van der Waals surface area contributed by atoms with Crippen molar-refractivity contribution in [3.8, 4) is 0 Å². The van der Waals surface area contributed by atoms with Gasteiger partial charge in [0.2, 0.25) is 0 Å². The van der Waals surface area contributed by atoms with E-state index < -0.39 is 23.8 Å². The van der Waals surface area contributed by atoms with Crippen molar-refractivity contribution in [1.29, 1.82) is 0 Å². The molecule has 4 nitrogen and oxygen atoms in total. The van der Waals surface area contributed by atoms with Crippen molar-refractivity contribution in [2.24, 2.45) is 0 Å². The van der Waals surface area contributed by atoms with Crippen LogP contribution in [0.25, 0.3) is 0 Å². The van der Waals surface area contributed by atoms with Crippen LogP contribution < -0.4 is 0 Å². The number of rotatable bonds is 3. The molecule has 0 aromatic heterocycles. The lowest BCUT2D eigenvalue weighted by Gasteiger charge is -2.23. The minimum Gasteiger partial charge on any atom is -0.458 e. The number of aliphatic hydroxyl groups is 2. The second-order valence-electron chi connectivity index (χ2n) is 4.83. The van der Waals surface area contributed by atoms with E-state index in [1.165, 1.54) is 0 Å². The molecule has 0 aliphatic heterocycles. The molecule has 0 saturated heterocycles. The molecule has 0 spiro atoms. The molecule has 2 atom stereocenters. The molecule has 1 aromatic carbocycles. The number of carbonyl (C=O) groups is 1. The molecule has 1 aromatic rings. The minimum atomic E-state index is -1.57. The van der Waals surface area contributed by atoms with E-state index in [-0.39, 0.29) is 0 Å². The number of ether oxygens (including phenoxy) is 1. The van der Waals surface area contributed by atoms with Crippen molar-refractivity contribution in [3.05, 3.63) is 35.9 Å². The largest absolute Gasteiger partial charge is 0.458 e. The predicted molar refractivity (Wildman–Crippen MR) is 63.3 cm³/mol. The molecular formula is C13H18O4. The van der Waals surface area contributed by atoms with Crippen molar-refractivity contribution < 1.29 is 19.7 Å². The molecule has 0 aliphatic carbocycles. The highest BCUT2D eigenvalue weighted by atomic mass is 16.6. The molecule has 0 aliphatic rings. The van der Waals surface area contributed by atoms with Crippen LogP contribution in [0.4, 0.5) is 0 Å². The van der Waals surface area contributed by atoms with Crippen LogP contribution in [-0.4, -0.2) is 27.9 Å². The van der Waals surface area contributed by atoms with E-state index in [1.807, 2.05) is 0 Å². The van der Waals surface area contributed by atoms with Crippen molar-refractivity contribution in [2.75, 3.05) is 0 Å². The number of hydrogen-bond donors (Lipinski definition) is 2. The van der Waals surface area contributed by atoms with Gasteiger partial charge in [-0.2, -0.15) is 0 Å². The van der Waals surface area contributed by atoms with Gasteiger partial charge in [-0.25, -0.2) is 4.79 Å². The monoisotopic (exact) mass is 238 g/mol. The smallest absolute Gasteiger partial charge is 0.338 e. The average Bonchev–Trinajstić information content (AvgIpc) is 2.26. The molecule has 0 unspecified atom stereocenters. The summed E-state index contributed by atoms with van der Waals surface area (Å²) in [5.74, 6) is -0.825. The van der Waals surface area contributed by atoms with Gasteiger partial charge in [-0.15, -0.1) is 0 Å². The summed E-state index contributed by atoms with van der Waals surface area (Å²) in [6, 6.07) is 8.51. The van der Waals surface area contributed by atoms with Crippen LogP contribution in [-0.2, 0) is 9.53 Å². The van der Waals surface area contributed by atoms with E-state index in [4.69, 9.17) is 4.74 Å². The summed E-state index contributed by atoms with van der Waals surface area (Å²) in [5.41, 5.74) is -0.208. The first kappa shape index (κ1) is 13.7. The van der Waals surface area contributed by atoms with E-state index in [0.717, 1.165) is 0 Å². The summed E-state index contributed by atoms with van der Waals surface area (Å²) in [6.45, 7) is 5.10. The Labute approximate surface area is 101 Å². The highest BCUT2D eigenvalue weighted by Crippen LogP contribution is 2.19. The van der Waals surface area contributed by atoms with Crippen molar-refractivity contribution in [3.63, 3.8) is 0 Å². The second-order valence-corrected chi connectivity index (χ2v) is 4.83. The van der Waals surface area contributed by atoms with Gasteiger partial charge < -0.3 is 14.9 Å². The van der Waals surface area contributed by atoms with Gasteiger partial charge in [0, 0.05) is 0 Å². The van der Waals surface area contributed by atoms with Crippen LogP contribution in [0, 0.1) is 0 Å². The number of benzene rings is 1. The van der Waals surface area contributed by atoms with E-state index in [2.05, 4.69) is 0 Å². The molecule has 0 saturated carbocycles. The van der Waals surface area contributed by atoms with Crippen LogP contribution in [0.15, 0.2) is 30.3 Å². The zero-order chi connectivity index (χ0) is 13.1. The topological polar surface area (TPSA) is 66.8 Å². The first-order valence-corrected chi connectivity index (χ1v) is 5.45. The minimum absolute atomic E-state index is 0.478. The molecular weight excluding hydrogens is 220 g/mol. The molecule has 0 bridgehead atoms. The van der Waals surface area contributed by atoms with Crippen LogP contribution in [0.1, 0.15) is 32.4 Å². The first-order valence-electron chi connectivity index (χ1n) is 5.45. The Morgan fingerprint density at radius 2 is 1.71 bits per heavy atom. The first-order chi connectivity index (χ1) is 7.81. The Bertz CT molecular complexity index is 367. The van der Waals surface area contributed by atoms with Crippen LogP contribution >= 0.6 is 0 Å². The number of aliphatic hydroxyl groups excluding tert-OH is 2. The lowest BCUT2D eigenvalue weighted by atomic mass is 10.0. The third-order valence-corrected chi connectivity index (χ3v) is 2.09. The molecule has 0 fully saturated rings. The summed E-state index contributed by atoms with van der Waals surface area (Å²) in [4.78, 5) is 11.5. The maximum atomic E-state index is 11.5. The summed E-state index contributed by atoms with van der Waals surface area (Å²) >= 11 is 0. The average molecular weight is 238 g/mol. The Hall–Kier alpha value is -1.39. The van der Waals surface area contributed by atoms with Crippen molar-refractivity contribution in [2.45, 2.75) is 38.6 Å². The van der Waals surface area contributed by atoms with Crippen molar-refractivity contribution in [1.82, 2.24) is 0 Å². The number of esters is 1. The number of carbonyl (C=O) groups excluding carboxylic acids is 1. The van der Waals surface area contributed by atoms with Gasteiger partial charge in [0.05, 0.1) is 0 Å². The van der Waals surface area contributed by atoms with E-state index >= 15 is 0 Å². The zero-order valence-electron chi connectivity index (χ0n) is 10.3.